The molecule has 4 nitrogen and oxygen atoms in total. The SMILES string of the molecule is O=C(Nc1cc(Cl)ccc1Cl)N[C@@H]1CCCC[C@H]1O. The van der Waals surface area contributed by atoms with Crippen LogP contribution in [0.4, 0.5) is 10.5 Å². The zero-order valence-corrected chi connectivity index (χ0v) is 11.8. The fourth-order valence-corrected chi connectivity index (χ4v) is 2.54. The van der Waals surface area contributed by atoms with Crippen LogP contribution in [0.3, 0.4) is 0 Å². The smallest absolute Gasteiger partial charge is 0.319 e. The number of carbonyl (C=O) groups is 1. The maximum atomic E-state index is 11.9. The maximum absolute atomic E-state index is 11.9. The summed E-state index contributed by atoms with van der Waals surface area (Å²) < 4.78 is 0. The van der Waals surface area contributed by atoms with Crippen molar-refractivity contribution in [3.63, 3.8) is 0 Å². The quantitative estimate of drug-likeness (QED) is 0.784. The second-order valence-electron chi connectivity index (χ2n) is 4.68. The third-order valence-corrected chi connectivity index (χ3v) is 3.79. The van der Waals surface area contributed by atoms with Gasteiger partial charge >= 0.3 is 6.03 Å². The number of nitrogens with one attached hydrogen (secondary N) is 2. The lowest BCUT2D eigenvalue weighted by atomic mass is 9.93. The molecule has 0 spiro atoms. The number of rotatable bonds is 2. The number of benzene rings is 1. The summed E-state index contributed by atoms with van der Waals surface area (Å²) in [5, 5.41) is 16.1. The van der Waals surface area contributed by atoms with Crippen molar-refractivity contribution in [1.29, 1.82) is 0 Å². The Balaban J connectivity index is 1.95. The van der Waals surface area contributed by atoms with Crippen LogP contribution in [0.15, 0.2) is 18.2 Å². The molecule has 0 unspecified atom stereocenters. The number of hydrogen-bond acceptors (Lipinski definition) is 2. The lowest BCUT2D eigenvalue weighted by Gasteiger charge is -2.28. The Kier molecular flexibility index (Phi) is 4.91. The van der Waals surface area contributed by atoms with Crippen LogP contribution in [0.1, 0.15) is 25.7 Å². The molecule has 0 aliphatic heterocycles. The zero-order valence-electron chi connectivity index (χ0n) is 10.3. The molecule has 1 aliphatic carbocycles. The van der Waals surface area contributed by atoms with Gasteiger partial charge in [-0.25, -0.2) is 4.79 Å². The number of amides is 2. The molecule has 1 aliphatic rings. The van der Waals surface area contributed by atoms with Crippen molar-refractivity contribution in [2.45, 2.75) is 37.8 Å². The minimum absolute atomic E-state index is 0.202. The molecule has 0 radical (unpaired) electrons. The van der Waals surface area contributed by atoms with E-state index in [0.29, 0.717) is 15.7 Å². The molecule has 2 rings (SSSR count). The van der Waals surface area contributed by atoms with Crippen LogP contribution in [-0.4, -0.2) is 23.3 Å². The zero-order chi connectivity index (χ0) is 13.8. The van der Waals surface area contributed by atoms with Gasteiger partial charge in [0.2, 0.25) is 0 Å². The molecular weight excluding hydrogens is 287 g/mol. The summed E-state index contributed by atoms with van der Waals surface area (Å²) >= 11 is 11.8. The van der Waals surface area contributed by atoms with E-state index in [-0.39, 0.29) is 12.1 Å². The lowest BCUT2D eigenvalue weighted by Crippen LogP contribution is -2.46. The van der Waals surface area contributed by atoms with Crippen molar-refractivity contribution in [2.75, 3.05) is 5.32 Å². The van der Waals surface area contributed by atoms with Gasteiger partial charge in [-0.05, 0) is 31.0 Å². The number of hydrogen-bond donors (Lipinski definition) is 3. The van der Waals surface area contributed by atoms with E-state index in [9.17, 15) is 9.90 Å². The third-order valence-electron chi connectivity index (χ3n) is 3.22. The molecule has 0 aromatic heterocycles. The highest BCUT2D eigenvalue weighted by Gasteiger charge is 2.24. The number of anilines is 1. The van der Waals surface area contributed by atoms with Crippen LogP contribution in [0.2, 0.25) is 10.0 Å². The molecule has 1 aromatic carbocycles. The normalized spacial score (nSPS) is 22.9. The Morgan fingerprint density at radius 3 is 2.74 bits per heavy atom. The van der Waals surface area contributed by atoms with Gasteiger partial charge in [-0.15, -0.1) is 0 Å². The van der Waals surface area contributed by atoms with E-state index in [1.54, 1.807) is 18.2 Å². The largest absolute Gasteiger partial charge is 0.391 e. The van der Waals surface area contributed by atoms with Crippen molar-refractivity contribution in [3.8, 4) is 0 Å². The van der Waals surface area contributed by atoms with Crippen molar-refractivity contribution < 1.29 is 9.90 Å². The van der Waals surface area contributed by atoms with Crippen LogP contribution < -0.4 is 10.6 Å². The standard InChI is InChI=1S/C13H16Cl2N2O2/c14-8-5-6-9(15)11(7-8)17-13(19)16-10-3-1-2-4-12(10)18/h5-7,10,12,18H,1-4H2,(H2,16,17,19)/t10-,12-/m1/s1. The molecule has 19 heavy (non-hydrogen) atoms. The lowest BCUT2D eigenvalue weighted by molar-refractivity contribution is 0.0955. The van der Waals surface area contributed by atoms with E-state index in [1.807, 2.05) is 0 Å². The molecule has 2 atom stereocenters. The first kappa shape index (κ1) is 14.4. The van der Waals surface area contributed by atoms with Crippen molar-refractivity contribution in [3.05, 3.63) is 28.2 Å². The summed E-state index contributed by atoms with van der Waals surface area (Å²) in [6, 6.07) is 4.27. The number of aliphatic hydroxyl groups excluding tert-OH is 1. The Bertz CT molecular complexity index is 468. The van der Waals surface area contributed by atoms with Gasteiger partial charge in [0.1, 0.15) is 0 Å². The van der Waals surface area contributed by atoms with E-state index < -0.39 is 6.10 Å². The molecule has 1 aromatic rings. The van der Waals surface area contributed by atoms with Gasteiger partial charge in [0.25, 0.3) is 0 Å². The van der Waals surface area contributed by atoms with Crippen LogP contribution >= 0.6 is 23.2 Å². The summed E-state index contributed by atoms with van der Waals surface area (Å²) in [5.41, 5.74) is 0.456. The van der Waals surface area contributed by atoms with Gasteiger partial charge in [0, 0.05) is 5.02 Å². The predicted octanol–water partition coefficient (Wildman–Crippen LogP) is 3.42. The molecule has 104 valence electrons. The van der Waals surface area contributed by atoms with E-state index in [0.717, 1.165) is 25.7 Å². The summed E-state index contributed by atoms with van der Waals surface area (Å²) in [4.78, 5) is 11.9. The first-order valence-corrected chi connectivity index (χ1v) is 7.02. The summed E-state index contributed by atoms with van der Waals surface area (Å²) in [6.07, 6.45) is 3.05. The minimum Gasteiger partial charge on any atom is -0.391 e. The molecule has 1 saturated carbocycles. The molecule has 0 bridgehead atoms. The first-order chi connectivity index (χ1) is 9.06. The fraction of sp³-hybridized carbons (Fsp3) is 0.462. The molecular formula is C13H16Cl2N2O2. The molecule has 0 saturated heterocycles. The topological polar surface area (TPSA) is 61.4 Å². The van der Waals surface area contributed by atoms with Crippen LogP contribution in [0.25, 0.3) is 0 Å². The molecule has 3 N–H and O–H groups in total. The number of halogens is 2. The van der Waals surface area contributed by atoms with Crippen LogP contribution in [0.5, 0.6) is 0 Å². The Morgan fingerprint density at radius 1 is 1.26 bits per heavy atom. The number of aliphatic hydroxyl groups is 1. The van der Waals surface area contributed by atoms with E-state index >= 15 is 0 Å². The highest BCUT2D eigenvalue weighted by Crippen LogP contribution is 2.25. The third kappa shape index (κ3) is 4.00. The van der Waals surface area contributed by atoms with E-state index in [1.165, 1.54) is 0 Å². The molecule has 2 amide bonds. The average molecular weight is 303 g/mol. The van der Waals surface area contributed by atoms with Crippen LogP contribution in [-0.2, 0) is 0 Å². The van der Waals surface area contributed by atoms with Gasteiger partial charge in [-0.3, -0.25) is 0 Å². The number of carbonyl (C=O) groups excluding carboxylic acids is 1. The first-order valence-electron chi connectivity index (χ1n) is 6.27. The van der Waals surface area contributed by atoms with Crippen molar-refractivity contribution in [1.82, 2.24) is 5.32 Å². The second kappa shape index (κ2) is 6.46. The van der Waals surface area contributed by atoms with E-state index in [4.69, 9.17) is 23.2 Å². The average Bonchev–Trinajstić information content (AvgIpc) is 2.37. The molecule has 6 heteroatoms. The van der Waals surface area contributed by atoms with E-state index in [2.05, 4.69) is 10.6 Å². The summed E-state index contributed by atoms with van der Waals surface area (Å²) in [6.45, 7) is 0. The Morgan fingerprint density at radius 2 is 2.00 bits per heavy atom. The van der Waals surface area contributed by atoms with Gasteiger partial charge in [-0.1, -0.05) is 36.0 Å². The maximum Gasteiger partial charge on any atom is 0.319 e. The van der Waals surface area contributed by atoms with Gasteiger partial charge in [-0.2, -0.15) is 0 Å². The number of urea groups is 1. The summed E-state index contributed by atoms with van der Waals surface area (Å²) in [7, 11) is 0. The van der Waals surface area contributed by atoms with Gasteiger partial charge in [0.15, 0.2) is 0 Å². The van der Waals surface area contributed by atoms with Gasteiger partial charge < -0.3 is 15.7 Å². The molecule has 0 heterocycles. The highest BCUT2D eigenvalue weighted by molar-refractivity contribution is 6.35. The van der Waals surface area contributed by atoms with Crippen molar-refractivity contribution >= 4 is 34.9 Å². The Labute approximate surface area is 122 Å². The fourth-order valence-electron chi connectivity index (χ4n) is 2.20. The summed E-state index contributed by atoms with van der Waals surface area (Å²) in [5.74, 6) is 0. The molecule has 1 fully saturated rings. The predicted molar refractivity (Wildman–Crippen MR) is 76.9 cm³/mol. The van der Waals surface area contributed by atoms with Gasteiger partial charge in [0.05, 0.1) is 22.9 Å². The van der Waals surface area contributed by atoms with Crippen molar-refractivity contribution in [2.24, 2.45) is 0 Å². The monoisotopic (exact) mass is 302 g/mol. The second-order valence-corrected chi connectivity index (χ2v) is 5.52. The Hall–Kier alpha value is -0.970. The highest BCUT2D eigenvalue weighted by atomic mass is 35.5. The van der Waals surface area contributed by atoms with Crippen LogP contribution in [0, 0.1) is 0 Å². The minimum atomic E-state index is -0.477.